The van der Waals surface area contributed by atoms with E-state index >= 15 is 0 Å². The van der Waals surface area contributed by atoms with Gasteiger partial charge < -0.3 is 18.5 Å². The number of hydrogen-bond acceptors (Lipinski definition) is 6. The third kappa shape index (κ3) is 8.50. The van der Waals surface area contributed by atoms with Crippen molar-refractivity contribution in [1.29, 1.82) is 0 Å². The lowest BCUT2D eigenvalue weighted by Crippen LogP contribution is -2.17. The molecule has 0 aromatic heterocycles. The minimum Gasteiger partial charge on any atom is -0.432 e. The number of carbonyl (C=O) groups is 1. The molecular weight excluding hydrogens is 259 g/mol. The van der Waals surface area contributed by atoms with Crippen LogP contribution in [0.2, 0.25) is 0 Å². The van der Waals surface area contributed by atoms with E-state index in [1.54, 1.807) is 41.5 Å². The van der Waals surface area contributed by atoms with Gasteiger partial charge in [0.05, 0.1) is 18.3 Å². The maximum atomic E-state index is 12.2. The number of rotatable bonds is 7. The van der Waals surface area contributed by atoms with E-state index in [1.807, 2.05) is 0 Å². The summed E-state index contributed by atoms with van der Waals surface area (Å²) in [5, 5.41) is 0. The van der Waals surface area contributed by atoms with Crippen LogP contribution in [-0.2, 0) is 23.1 Å². The van der Waals surface area contributed by atoms with Gasteiger partial charge in [-0.1, -0.05) is 0 Å². The first-order chi connectivity index (χ1) is 8.14. The summed E-state index contributed by atoms with van der Waals surface area (Å²) in [5.41, 5.74) is 0. The Balaban J connectivity index is 4.42. The monoisotopic (exact) mass is 282 g/mol. The van der Waals surface area contributed by atoms with E-state index in [0.29, 0.717) is 0 Å². The zero-order valence-corrected chi connectivity index (χ0v) is 12.7. The highest BCUT2D eigenvalue weighted by Crippen LogP contribution is 2.50. The van der Waals surface area contributed by atoms with Crippen molar-refractivity contribution in [2.75, 3.05) is 6.35 Å². The molecule has 18 heavy (non-hydrogen) atoms. The Bertz CT molecular complexity index is 286. The summed E-state index contributed by atoms with van der Waals surface area (Å²) in [5.74, 6) is 0. The largest absolute Gasteiger partial charge is 0.509 e. The summed E-state index contributed by atoms with van der Waals surface area (Å²) in [6, 6.07) is 0. The molecule has 0 rings (SSSR count). The van der Waals surface area contributed by atoms with Crippen LogP contribution in [0, 0.1) is 0 Å². The lowest BCUT2D eigenvalue weighted by atomic mass is 10.5. The molecule has 0 aliphatic rings. The standard InChI is InChI=1S/C11H23O6P/c1-8(2)15-11(12)14-7-18(13,16-9(3)4)17-10(5)6/h8-10H,7H2,1-6H3. The third-order valence-corrected chi connectivity index (χ3v) is 3.35. The van der Waals surface area contributed by atoms with Crippen LogP contribution < -0.4 is 0 Å². The van der Waals surface area contributed by atoms with Gasteiger partial charge in [0.25, 0.3) is 0 Å². The van der Waals surface area contributed by atoms with Crippen molar-refractivity contribution in [2.24, 2.45) is 0 Å². The second kappa shape index (κ2) is 7.77. The molecule has 0 saturated heterocycles. The third-order valence-electron chi connectivity index (χ3n) is 1.42. The van der Waals surface area contributed by atoms with Crippen molar-refractivity contribution in [3.63, 3.8) is 0 Å². The molecule has 0 aliphatic carbocycles. The predicted molar refractivity (Wildman–Crippen MR) is 67.6 cm³/mol. The van der Waals surface area contributed by atoms with E-state index in [9.17, 15) is 9.36 Å². The van der Waals surface area contributed by atoms with Gasteiger partial charge >= 0.3 is 13.8 Å². The Hall–Kier alpha value is -0.580. The fourth-order valence-electron chi connectivity index (χ4n) is 1.09. The first-order valence-electron chi connectivity index (χ1n) is 5.94. The highest BCUT2D eigenvalue weighted by Gasteiger charge is 2.30. The minimum atomic E-state index is -3.45. The van der Waals surface area contributed by atoms with E-state index < -0.39 is 20.1 Å². The van der Waals surface area contributed by atoms with Gasteiger partial charge in [0, 0.05) is 0 Å². The molecular formula is C11H23O6P. The fraction of sp³-hybridized carbons (Fsp3) is 0.909. The lowest BCUT2D eigenvalue weighted by Gasteiger charge is -2.22. The molecule has 0 spiro atoms. The molecule has 0 aliphatic heterocycles. The first-order valence-corrected chi connectivity index (χ1v) is 7.66. The molecule has 0 atom stereocenters. The van der Waals surface area contributed by atoms with Crippen molar-refractivity contribution in [3.8, 4) is 0 Å². The van der Waals surface area contributed by atoms with Crippen molar-refractivity contribution >= 4 is 13.8 Å². The molecule has 7 heteroatoms. The van der Waals surface area contributed by atoms with Crippen LogP contribution in [-0.4, -0.2) is 30.8 Å². The van der Waals surface area contributed by atoms with Gasteiger partial charge in [0.15, 0.2) is 6.35 Å². The number of carbonyl (C=O) groups excluding carboxylic acids is 1. The molecule has 0 radical (unpaired) electrons. The molecule has 0 unspecified atom stereocenters. The van der Waals surface area contributed by atoms with Gasteiger partial charge in [-0.15, -0.1) is 0 Å². The van der Waals surface area contributed by atoms with Gasteiger partial charge in [0.1, 0.15) is 0 Å². The Morgan fingerprint density at radius 2 is 1.39 bits per heavy atom. The molecule has 0 aromatic rings. The van der Waals surface area contributed by atoms with Crippen molar-refractivity contribution in [1.82, 2.24) is 0 Å². The Labute approximate surface area is 108 Å². The minimum absolute atomic E-state index is 0.292. The maximum Gasteiger partial charge on any atom is 0.509 e. The molecule has 0 fully saturated rings. The van der Waals surface area contributed by atoms with Crippen molar-refractivity contribution in [3.05, 3.63) is 0 Å². The zero-order chi connectivity index (χ0) is 14.3. The van der Waals surface area contributed by atoms with Gasteiger partial charge in [-0.25, -0.2) is 4.79 Å². The Morgan fingerprint density at radius 1 is 0.944 bits per heavy atom. The van der Waals surface area contributed by atoms with Crippen LogP contribution >= 0.6 is 7.60 Å². The summed E-state index contributed by atoms with van der Waals surface area (Å²) in [4.78, 5) is 11.2. The number of hydrogen-bond donors (Lipinski definition) is 0. The molecule has 6 nitrogen and oxygen atoms in total. The average molecular weight is 282 g/mol. The summed E-state index contributed by atoms with van der Waals surface area (Å²) in [6.07, 6.45) is -2.22. The van der Waals surface area contributed by atoms with Crippen LogP contribution in [0.15, 0.2) is 0 Å². The molecule has 0 saturated carbocycles. The molecule has 0 aromatic carbocycles. The fourth-order valence-corrected chi connectivity index (χ4v) is 2.81. The second-order valence-electron chi connectivity index (χ2n) is 4.61. The quantitative estimate of drug-likeness (QED) is 0.525. The van der Waals surface area contributed by atoms with Gasteiger partial charge in [-0.05, 0) is 41.5 Å². The second-order valence-corrected chi connectivity index (χ2v) is 6.51. The van der Waals surface area contributed by atoms with E-state index in [1.165, 1.54) is 0 Å². The summed E-state index contributed by atoms with van der Waals surface area (Å²) in [7, 11) is -3.45. The summed E-state index contributed by atoms with van der Waals surface area (Å²) in [6.45, 7) is 10.3. The summed E-state index contributed by atoms with van der Waals surface area (Å²) >= 11 is 0. The van der Waals surface area contributed by atoms with E-state index in [2.05, 4.69) is 0 Å². The highest BCUT2D eigenvalue weighted by atomic mass is 31.2. The van der Waals surface area contributed by atoms with Crippen LogP contribution in [0.5, 0.6) is 0 Å². The molecule has 0 bridgehead atoms. The first kappa shape index (κ1) is 17.4. The number of ether oxygens (including phenoxy) is 2. The molecule has 0 N–H and O–H groups in total. The van der Waals surface area contributed by atoms with E-state index in [4.69, 9.17) is 18.5 Å². The lowest BCUT2D eigenvalue weighted by molar-refractivity contribution is 0.0358. The molecule has 108 valence electrons. The van der Waals surface area contributed by atoms with Gasteiger partial charge in [-0.2, -0.15) is 0 Å². The Morgan fingerprint density at radius 3 is 1.72 bits per heavy atom. The van der Waals surface area contributed by atoms with Crippen molar-refractivity contribution < 1.29 is 27.9 Å². The molecule has 0 heterocycles. The highest BCUT2D eigenvalue weighted by molar-refractivity contribution is 7.53. The van der Waals surface area contributed by atoms with Crippen LogP contribution in [0.1, 0.15) is 41.5 Å². The van der Waals surface area contributed by atoms with Crippen molar-refractivity contribution in [2.45, 2.75) is 59.9 Å². The van der Waals surface area contributed by atoms with E-state index in [-0.39, 0.29) is 18.3 Å². The topological polar surface area (TPSA) is 71.1 Å². The maximum absolute atomic E-state index is 12.2. The SMILES string of the molecule is CC(C)OC(=O)OCP(=O)(OC(C)C)OC(C)C. The zero-order valence-electron chi connectivity index (χ0n) is 11.8. The average Bonchev–Trinajstić information content (AvgIpc) is 2.11. The van der Waals surface area contributed by atoms with Crippen LogP contribution in [0.3, 0.4) is 0 Å². The van der Waals surface area contributed by atoms with Gasteiger partial charge in [0.2, 0.25) is 0 Å². The predicted octanol–water partition coefficient (Wildman–Crippen LogP) is 3.55. The smallest absolute Gasteiger partial charge is 0.432 e. The normalized spacial score (nSPS) is 12.3. The van der Waals surface area contributed by atoms with Crippen LogP contribution in [0.4, 0.5) is 4.79 Å². The van der Waals surface area contributed by atoms with Crippen LogP contribution in [0.25, 0.3) is 0 Å². The van der Waals surface area contributed by atoms with E-state index in [0.717, 1.165) is 0 Å². The summed E-state index contributed by atoms with van der Waals surface area (Å²) < 4.78 is 32.2. The van der Waals surface area contributed by atoms with Gasteiger partial charge in [-0.3, -0.25) is 4.57 Å². The Kier molecular flexibility index (Phi) is 7.52. The molecule has 0 amide bonds.